The van der Waals surface area contributed by atoms with Crippen LogP contribution in [-0.2, 0) is 0 Å². The maximum atomic E-state index is 7.50. The lowest BCUT2D eigenvalue weighted by Gasteiger charge is -2.00. The van der Waals surface area contributed by atoms with E-state index in [2.05, 4.69) is 4.98 Å². The Kier molecular flexibility index (Phi) is 2.28. The zero-order chi connectivity index (χ0) is 13.6. The molecule has 3 rings (SSSR count). The fraction of sp³-hybridized carbons (Fsp3) is 0. The zero-order valence-corrected chi connectivity index (χ0v) is 10.1. The Morgan fingerprint density at radius 3 is 1.58 bits per heavy atom. The summed E-state index contributed by atoms with van der Waals surface area (Å²) in [5, 5.41) is 16.9. The maximum absolute atomic E-state index is 7.50. The molecule has 7 N–H and O–H groups in total. The van der Waals surface area contributed by atoms with Crippen molar-refractivity contribution >= 4 is 33.5 Å². The van der Waals surface area contributed by atoms with Gasteiger partial charge < -0.3 is 16.5 Å². The number of aromatic nitrogens is 1. The molecule has 0 aliphatic rings. The molecule has 0 radical (unpaired) electrons. The van der Waals surface area contributed by atoms with Crippen LogP contribution < -0.4 is 11.5 Å². The minimum absolute atomic E-state index is 0.0407. The van der Waals surface area contributed by atoms with Crippen molar-refractivity contribution in [3.8, 4) is 0 Å². The third-order valence-corrected chi connectivity index (χ3v) is 3.22. The molecule has 0 atom stereocenters. The summed E-state index contributed by atoms with van der Waals surface area (Å²) < 4.78 is 0. The van der Waals surface area contributed by atoms with E-state index in [1.807, 2.05) is 36.4 Å². The molecule has 0 saturated carbocycles. The Morgan fingerprint density at radius 1 is 0.789 bits per heavy atom. The van der Waals surface area contributed by atoms with Gasteiger partial charge in [-0.3, -0.25) is 10.8 Å². The van der Waals surface area contributed by atoms with E-state index in [1.165, 1.54) is 0 Å². The van der Waals surface area contributed by atoms with Gasteiger partial charge in [-0.2, -0.15) is 0 Å². The third kappa shape index (κ3) is 1.72. The minimum Gasteiger partial charge on any atom is -0.384 e. The number of amidine groups is 2. The van der Waals surface area contributed by atoms with Crippen LogP contribution in [-0.4, -0.2) is 16.7 Å². The van der Waals surface area contributed by atoms with Gasteiger partial charge in [0.1, 0.15) is 11.7 Å². The standard InChI is InChI=1S/C14H13N5/c15-13(16)7-1-3-11-9(5-7)10-6-8(14(17)18)2-4-12(10)19-11/h1-6,19H,(H3,15,16)(H3,17,18). The molecule has 3 aromatic rings. The predicted molar refractivity (Wildman–Crippen MR) is 77.8 cm³/mol. The summed E-state index contributed by atoms with van der Waals surface area (Å²) in [4.78, 5) is 3.29. The molecule has 1 heterocycles. The number of hydrogen-bond acceptors (Lipinski definition) is 2. The van der Waals surface area contributed by atoms with Gasteiger partial charge in [0.05, 0.1) is 0 Å². The largest absolute Gasteiger partial charge is 0.384 e. The van der Waals surface area contributed by atoms with Gasteiger partial charge in [0.25, 0.3) is 0 Å². The topological polar surface area (TPSA) is 116 Å². The van der Waals surface area contributed by atoms with Crippen molar-refractivity contribution < 1.29 is 0 Å². The number of benzene rings is 2. The molecule has 94 valence electrons. The molecule has 0 saturated heterocycles. The van der Waals surface area contributed by atoms with Gasteiger partial charge in [-0.15, -0.1) is 0 Å². The Morgan fingerprint density at radius 2 is 1.21 bits per heavy atom. The van der Waals surface area contributed by atoms with E-state index in [0.717, 1.165) is 21.8 Å². The number of nitrogens with two attached hydrogens (primary N) is 2. The summed E-state index contributed by atoms with van der Waals surface area (Å²) in [6.45, 7) is 0. The van der Waals surface area contributed by atoms with Crippen LogP contribution in [0.3, 0.4) is 0 Å². The fourth-order valence-electron chi connectivity index (χ4n) is 2.23. The Hall–Kier alpha value is -2.82. The molecule has 0 unspecified atom stereocenters. The number of fused-ring (bicyclic) bond motifs is 3. The molecule has 0 amide bonds. The molecule has 1 aromatic heterocycles. The van der Waals surface area contributed by atoms with Crippen LogP contribution >= 0.6 is 0 Å². The highest BCUT2D eigenvalue weighted by Gasteiger charge is 2.08. The first-order valence-electron chi connectivity index (χ1n) is 5.80. The first-order chi connectivity index (χ1) is 9.06. The Balaban J connectivity index is 2.37. The number of nitrogens with one attached hydrogen (secondary N) is 3. The number of aromatic amines is 1. The second-order valence-electron chi connectivity index (χ2n) is 4.47. The van der Waals surface area contributed by atoms with Crippen molar-refractivity contribution in [2.24, 2.45) is 11.5 Å². The summed E-state index contributed by atoms with van der Waals surface area (Å²) in [5.41, 5.74) is 14.3. The van der Waals surface area contributed by atoms with Crippen LogP contribution in [0.2, 0.25) is 0 Å². The lowest BCUT2D eigenvalue weighted by Crippen LogP contribution is -2.10. The molecule has 0 fully saturated rings. The molecule has 5 heteroatoms. The Bertz CT molecular complexity index is 760. The maximum Gasteiger partial charge on any atom is 0.122 e. The third-order valence-electron chi connectivity index (χ3n) is 3.22. The molecule has 0 aliphatic carbocycles. The monoisotopic (exact) mass is 251 g/mol. The highest BCUT2D eigenvalue weighted by Crippen LogP contribution is 2.27. The lowest BCUT2D eigenvalue weighted by atomic mass is 10.1. The van der Waals surface area contributed by atoms with E-state index >= 15 is 0 Å². The summed E-state index contributed by atoms with van der Waals surface area (Å²) in [5.74, 6) is 0.0814. The van der Waals surface area contributed by atoms with Crippen molar-refractivity contribution in [3.63, 3.8) is 0 Å². The summed E-state index contributed by atoms with van der Waals surface area (Å²) >= 11 is 0. The average Bonchev–Trinajstić information content (AvgIpc) is 2.75. The Labute approximate surface area is 109 Å². The van der Waals surface area contributed by atoms with Crippen molar-refractivity contribution in [1.82, 2.24) is 4.98 Å². The zero-order valence-electron chi connectivity index (χ0n) is 10.1. The first kappa shape index (κ1) is 11.3. The molecule has 0 aliphatic heterocycles. The molecule has 2 aromatic carbocycles. The van der Waals surface area contributed by atoms with E-state index in [9.17, 15) is 0 Å². The predicted octanol–water partition coefficient (Wildman–Crippen LogP) is 1.89. The molecular formula is C14H13N5. The molecular weight excluding hydrogens is 238 g/mol. The fourth-order valence-corrected chi connectivity index (χ4v) is 2.23. The van der Waals surface area contributed by atoms with Crippen molar-refractivity contribution in [2.75, 3.05) is 0 Å². The summed E-state index contributed by atoms with van der Waals surface area (Å²) in [7, 11) is 0. The van der Waals surface area contributed by atoms with Gasteiger partial charge >= 0.3 is 0 Å². The minimum atomic E-state index is 0.0407. The van der Waals surface area contributed by atoms with E-state index in [4.69, 9.17) is 22.3 Å². The van der Waals surface area contributed by atoms with Crippen LogP contribution in [0.5, 0.6) is 0 Å². The number of nitrogen functional groups attached to an aromatic ring is 2. The number of rotatable bonds is 2. The number of H-pyrrole nitrogens is 1. The summed E-state index contributed by atoms with van der Waals surface area (Å²) in [6.07, 6.45) is 0. The normalized spacial score (nSPS) is 10.9. The van der Waals surface area contributed by atoms with Crippen molar-refractivity contribution in [3.05, 3.63) is 47.5 Å². The van der Waals surface area contributed by atoms with E-state index in [-0.39, 0.29) is 11.7 Å². The van der Waals surface area contributed by atoms with Gasteiger partial charge in [-0.1, -0.05) is 0 Å². The average molecular weight is 251 g/mol. The van der Waals surface area contributed by atoms with Crippen LogP contribution in [0, 0.1) is 10.8 Å². The van der Waals surface area contributed by atoms with Crippen LogP contribution in [0.4, 0.5) is 0 Å². The second-order valence-corrected chi connectivity index (χ2v) is 4.47. The van der Waals surface area contributed by atoms with Crippen LogP contribution in [0.1, 0.15) is 11.1 Å². The SMILES string of the molecule is N=C(N)c1ccc2[nH]c3ccc(C(=N)N)cc3c2c1. The van der Waals surface area contributed by atoms with Crippen molar-refractivity contribution in [2.45, 2.75) is 0 Å². The molecule has 0 spiro atoms. The van der Waals surface area contributed by atoms with Gasteiger partial charge in [-0.05, 0) is 36.4 Å². The smallest absolute Gasteiger partial charge is 0.122 e. The van der Waals surface area contributed by atoms with Gasteiger partial charge in [0.15, 0.2) is 0 Å². The van der Waals surface area contributed by atoms with Gasteiger partial charge in [0, 0.05) is 32.9 Å². The van der Waals surface area contributed by atoms with E-state index < -0.39 is 0 Å². The highest BCUT2D eigenvalue weighted by atomic mass is 14.7. The van der Waals surface area contributed by atoms with Gasteiger partial charge in [-0.25, -0.2) is 0 Å². The van der Waals surface area contributed by atoms with Crippen LogP contribution in [0.25, 0.3) is 21.8 Å². The quantitative estimate of drug-likeness (QED) is 0.353. The van der Waals surface area contributed by atoms with Crippen LogP contribution in [0.15, 0.2) is 36.4 Å². The van der Waals surface area contributed by atoms with Gasteiger partial charge in [0.2, 0.25) is 0 Å². The van der Waals surface area contributed by atoms with Crippen molar-refractivity contribution in [1.29, 1.82) is 10.8 Å². The molecule has 5 nitrogen and oxygen atoms in total. The first-order valence-corrected chi connectivity index (χ1v) is 5.80. The molecule has 0 bridgehead atoms. The second kappa shape index (κ2) is 3.84. The number of hydrogen-bond donors (Lipinski definition) is 5. The highest BCUT2D eigenvalue weighted by molar-refractivity contribution is 6.12. The summed E-state index contributed by atoms with van der Waals surface area (Å²) in [6, 6.07) is 11.2. The molecule has 19 heavy (non-hydrogen) atoms. The lowest BCUT2D eigenvalue weighted by molar-refractivity contribution is 1.43. The van der Waals surface area contributed by atoms with E-state index in [1.54, 1.807) is 0 Å². The van der Waals surface area contributed by atoms with E-state index in [0.29, 0.717) is 11.1 Å².